The number of aromatic amines is 2. The molecule has 4 heterocycles. The Hall–Kier alpha value is -4.03. The lowest BCUT2D eigenvalue weighted by Crippen LogP contribution is -2.37. The van der Waals surface area contributed by atoms with Crippen molar-refractivity contribution in [2.45, 2.75) is 88.7 Å². The number of imidazole rings is 2. The molecule has 50 heavy (non-hydrogen) atoms. The van der Waals surface area contributed by atoms with E-state index in [4.69, 9.17) is 14.5 Å². The number of nitrogens with one attached hydrogen (secondary N) is 2. The summed E-state index contributed by atoms with van der Waals surface area (Å²) < 4.78 is 11.4. The van der Waals surface area contributed by atoms with Gasteiger partial charge in [0.2, 0.25) is 0 Å². The van der Waals surface area contributed by atoms with Crippen LogP contribution in [0.5, 0.6) is 0 Å². The summed E-state index contributed by atoms with van der Waals surface area (Å²) in [6.07, 6.45) is 7.87. The van der Waals surface area contributed by atoms with Crippen LogP contribution >= 0.6 is 11.8 Å². The second-order valence-corrected chi connectivity index (χ2v) is 22.3. The van der Waals surface area contributed by atoms with E-state index in [1.54, 1.807) is 11.8 Å². The van der Waals surface area contributed by atoms with Crippen molar-refractivity contribution >= 4 is 32.0 Å². The molecule has 0 radical (unpaired) electrons. The van der Waals surface area contributed by atoms with Gasteiger partial charge >= 0.3 is 12.2 Å². The van der Waals surface area contributed by atoms with Crippen molar-refractivity contribution in [2.75, 3.05) is 26.0 Å². The highest BCUT2D eigenvalue weighted by Gasteiger charge is 2.40. The highest BCUT2D eigenvalue weighted by molar-refractivity contribution is 7.99. The van der Waals surface area contributed by atoms with Gasteiger partial charge in [0.1, 0.15) is 17.2 Å². The van der Waals surface area contributed by atoms with Crippen molar-refractivity contribution in [2.24, 2.45) is 0 Å². The summed E-state index contributed by atoms with van der Waals surface area (Å²) in [4.78, 5) is 45.9. The maximum atomic E-state index is 13.0. The Morgan fingerprint density at radius 3 is 1.90 bits per heavy atom. The number of nitrogens with zero attached hydrogens (tertiary/aromatic N) is 4. The van der Waals surface area contributed by atoms with Crippen LogP contribution in [0.25, 0.3) is 33.6 Å². The van der Waals surface area contributed by atoms with E-state index in [-0.39, 0.29) is 24.3 Å². The van der Waals surface area contributed by atoms with Gasteiger partial charge in [-0.15, -0.1) is 0 Å². The Bertz CT molecular complexity index is 1780. The van der Waals surface area contributed by atoms with E-state index in [1.165, 1.54) is 0 Å². The minimum atomic E-state index is -1.27. The first-order valence-corrected chi connectivity index (χ1v) is 22.5. The predicted octanol–water partition coefficient (Wildman–Crippen LogP) is 9.16. The Morgan fingerprint density at radius 1 is 0.840 bits per heavy atom. The highest BCUT2D eigenvalue weighted by atomic mass is 32.2. The normalized spacial score (nSPS) is 19.6. The van der Waals surface area contributed by atoms with E-state index in [2.05, 4.69) is 89.4 Å². The topological polar surface area (TPSA) is 116 Å². The number of aromatic nitrogens is 4. The lowest BCUT2D eigenvalue weighted by atomic mass is 10.0. The van der Waals surface area contributed by atoms with E-state index in [0.29, 0.717) is 24.9 Å². The van der Waals surface area contributed by atoms with E-state index in [0.717, 1.165) is 70.6 Å². The molecule has 10 nitrogen and oxygen atoms in total. The second kappa shape index (κ2) is 14.7. The number of likely N-dealkylation sites (tertiary alicyclic amines) is 2. The number of carbonyl (C=O) groups excluding carboxylic acids is 2. The van der Waals surface area contributed by atoms with Gasteiger partial charge in [0.05, 0.1) is 42.5 Å². The first kappa shape index (κ1) is 35.8. The lowest BCUT2D eigenvalue weighted by Gasteiger charge is -2.27. The zero-order valence-corrected chi connectivity index (χ0v) is 32.1. The summed E-state index contributed by atoms with van der Waals surface area (Å²) >= 11 is 1.77. The third-order valence-electron chi connectivity index (χ3n) is 9.34. The molecule has 2 amide bonds. The fourth-order valence-corrected chi connectivity index (χ4v) is 7.94. The van der Waals surface area contributed by atoms with Crippen molar-refractivity contribution in [3.63, 3.8) is 0 Å². The molecule has 0 spiro atoms. The number of rotatable bonds is 9. The van der Waals surface area contributed by atoms with Gasteiger partial charge in [0.25, 0.3) is 0 Å². The highest BCUT2D eigenvalue weighted by Crippen LogP contribution is 2.38. The van der Waals surface area contributed by atoms with Crippen LogP contribution in [0, 0.1) is 0 Å². The maximum absolute atomic E-state index is 13.0. The molecule has 0 bridgehead atoms. The van der Waals surface area contributed by atoms with Gasteiger partial charge in [-0.3, -0.25) is 9.80 Å². The average Bonchev–Trinajstić information content (AvgIpc) is 3.89. The number of carbonyl (C=O) groups is 2. The zero-order valence-electron chi connectivity index (χ0n) is 30.3. The summed E-state index contributed by atoms with van der Waals surface area (Å²) in [6, 6.07) is 17.5. The molecule has 2 aliphatic heterocycles. The van der Waals surface area contributed by atoms with E-state index >= 15 is 0 Å². The number of thioether (sulfide) groups is 1. The number of hydrogen-bond acceptors (Lipinski definition) is 7. The van der Waals surface area contributed by atoms with Crippen LogP contribution in [-0.2, 0) is 9.47 Å². The van der Waals surface area contributed by atoms with Crippen LogP contribution in [0.15, 0.2) is 60.9 Å². The second-order valence-electron chi connectivity index (χ2n) is 15.5. The molecule has 4 aromatic rings. The van der Waals surface area contributed by atoms with Gasteiger partial charge in [-0.1, -0.05) is 68.2 Å². The maximum Gasteiger partial charge on any atom is 0.410 e. The number of amides is 2. The molecule has 2 fully saturated rings. The number of ether oxygens (including phenoxy) is 2. The number of H-pyrrole nitrogens is 2. The van der Waals surface area contributed by atoms with Crippen molar-refractivity contribution in [1.82, 2.24) is 29.7 Å². The van der Waals surface area contributed by atoms with Gasteiger partial charge in [-0.05, 0) is 74.6 Å². The first-order chi connectivity index (χ1) is 23.8. The fraction of sp³-hybridized carbons (Fsp3) is 0.474. The van der Waals surface area contributed by atoms with Crippen LogP contribution in [0.4, 0.5) is 9.59 Å². The molecular weight excluding hydrogens is 665 g/mol. The van der Waals surface area contributed by atoms with Gasteiger partial charge in [0, 0.05) is 26.4 Å². The van der Waals surface area contributed by atoms with Gasteiger partial charge in [-0.2, -0.15) is 11.8 Å². The largest absolute Gasteiger partial charge is 0.450 e. The summed E-state index contributed by atoms with van der Waals surface area (Å²) in [5.74, 6) is 1.58. The molecule has 0 unspecified atom stereocenters. The fourth-order valence-electron chi connectivity index (χ4n) is 6.54. The quantitative estimate of drug-likeness (QED) is 0.166. The zero-order chi connectivity index (χ0) is 35.6. The summed E-state index contributed by atoms with van der Waals surface area (Å²) in [5, 5.41) is 0.333. The lowest BCUT2D eigenvalue weighted by molar-refractivity contribution is 0.0219. The number of benzene rings is 2. The third-order valence-corrected chi connectivity index (χ3v) is 12.0. The van der Waals surface area contributed by atoms with E-state index in [9.17, 15) is 9.59 Å². The molecule has 2 aliphatic rings. The molecule has 2 aromatic heterocycles. The molecular formula is C38H50N6O4SSi. The minimum absolute atomic E-state index is 0.0961. The van der Waals surface area contributed by atoms with E-state index in [1.807, 2.05) is 43.0 Å². The molecule has 2 saturated heterocycles. The Labute approximate surface area is 300 Å². The Balaban J connectivity index is 1.09. The van der Waals surface area contributed by atoms with Crippen LogP contribution < -0.4 is 0 Å². The molecule has 2 N–H and O–H groups in total. The average molecular weight is 715 g/mol. The summed E-state index contributed by atoms with van der Waals surface area (Å²) in [6.45, 7) is 14.3. The Morgan fingerprint density at radius 2 is 1.38 bits per heavy atom. The molecule has 3 atom stereocenters. The van der Waals surface area contributed by atoms with Gasteiger partial charge in [-0.25, -0.2) is 19.6 Å². The standard InChI is InChI=1S/C38H50N6O4SSi/c1-38(2,3)48-37(46)44-24-29(49-4)21-33(44)35-40-23-31(42-35)28-16-12-26(13-17-28)25-10-14-27(15-11-25)30-22-39-34(41-30)32-9-8-18-43(32)36(45)47-19-20-50(5,6)7/h10-17,22-23,29,32-33H,8-9,18-21,24H2,1-7H3,(H,39,41)(H,40,42)/t29-,32-,33-/m0/s1. The monoisotopic (exact) mass is 714 g/mol. The predicted molar refractivity (Wildman–Crippen MR) is 203 cm³/mol. The molecule has 6 rings (SSSR count). The smallest absolute Gasteiger partial charge is 0.410 e. The molecule has 266 valence electrons. The molecule has 0 aliphatic carbocycles. The SMILES string of the molecule is CS[C@H]1C[C@@H](c2ncc(-c3ccc(-c4ccc(-c5cnc([C@@H]6CCCN6C(=O)OCC[Si](C)(C)C)[nH]5)cc4)cc3)[nH]2)N(C(=O)OC(C)(C)C)C1. The number of hydrogen-bond donors (Lipinski definition) is 2. The van der Waals surface area contributed by atoms with Crippen LogP contribution in [0.3, 0.4) is 0 Å². The van der Waals surface area contributed by atoms with Gasteiger partial charge in [0.15, 0.2) is 0 Å². The van der Waals surface area contributed by atoms with E-state index < -0.39 is 13.7 Å². The summed E-state index contributed by atoms with van der Waals surface area (Å²) in [5.41, 5.74) is 5.55. The molecule has 2 aromatic carbocycles. The third kappa shape index (κ3) is 8.46. The Kier molecular flexibility index (Phi) is 10.5. The van der Waals surface area contributed by atoms with Crippen LogP contribution in [-0.4, -0.2) is 86.8 Å². The first-order valence-electron chi connectivity index (χ1n) is 17.5. The van der Waals surface area contributed by atoms with Crippen LogP contribution in [0.1, 0.15) is 63.8 Å². The minimum Gasteiger partial charge on any atom is -0.450 e. The van der Waals surface area contributed by atoms with Crippen molar-refractivity contribution in [3.05, 3.63) is 72.6 Å². The molecule has 0 saturated carbocycles. The van der Waals surface area contributed by atoms with Gasteiger partial charge < -0.3 is 19.4 Å². The molecule has 12 heteroatoms. The van der Waals surface area contributed by atoms with Crippen LogP contribution in [0.2, 0.25) is 25.7 Å². The van der Waals surface area contributed by atoms with Crippen molar-refractivity contribution < 1.29 is 19.1 Å². The van der Waals surface area contributed by atoms with Crippen molar-refractivity contribution in [3.8, 4) is 33.6 Å². The van der Waals surface area contributed by atoms with Crippen molar-refractivity contribution in [1.29, 1.82) is 0 Å². The summed E-state index contributed by atoms with van der Waals surface area (Å²) in [7, 11) is -1.27.